The minimum absolute atomic E-state index is 0.160. The van der Waals surface area contributed by atoms with Crippen LogP contribution in [-0.4, -0.2) is 54.6 Å². The normalized spacial score (nSPS) is 22.3. The topological polar surface area (TPSA) is 87.7 Å². The van der Waals surface area contributed by atoms with Gasteiger partial charge in [-0.15, -0.1) is 0 Å². The first-order chi connectivity index (χ1) is 9.98. The first-order valence-corrected chi connectivity index (χ1v) is 7.41. The molecule has 0 aromatic rings. The maximum atomic E-state index is 12.5. The lowest BCUT2D eigenvalue weighted by molar-refractivity contribution is -0.136. The first kappa shape index (κ1) is 15.8. The number of nitrogens with one attached hydrogen (secondary N) is 2. The van der Waals surface area contributed by atoms with Crippen molar-refractivity contribution in [2.24, 2.45) is 0 Å². The summed E-state index contributed by atoms with van der Waals surface area (Å²) >= 11 is 0. The summed E-state index contributed by atoms with van der Waals surface area (Å²) in [5.74, 6) is -0.613. The van der Waals surface area contributed by atoms with Crippen LogP contribution in [0.25, 0.3) is 0 Å². The number of ether oxygens (including phenoxy) is 1. The van der Waals surface area contributed by atoms with Crippen LogP contribution in [0.1, 0.15) is 39.0 Å². The predicted molar refractivity (Wildman–Crippen MR) is 75.5 cm³/mol. The fraction of sp³-hybridized carbons (Fsp3) is 0.786. The Balaban J connectivity index is 1.95. The number of nitrogens with zero attached hydrogens (tertiary/aromatic N) is 1. The number of methoxy groups -OCH3 is 1. The van der Waals surface area contributed by atoms with Crippen molar-refractivity contribution in [3.05, 3.63) is 0 Å². The Bertz CT molecular complexity index is 432. The molecule has 1 aliphatic carbocycles. The van der Waals surface area contributed by atoms with Crippen molar-refractivity contribution in [3.8, 4) is 0 Å². The molecule has 118 valence electrons. The van der Waals surface area contributed by atoms with E-state index in [1.165, 1.54) is 0 Å². The molecule has 7 nitrogen and oxygen atoms in total. The van der Waals surface area contributed by atoms with Crippen LogP contribution in [0.5, 0.6) is 0 Å². The largest absolute Gasteiger partial charge is 0.383 e. The number of amides is 4. The highest BCUT2D eigenvalue weighted by atomic mass is 16.5. The van der Waals surface area contributed by atoms with Crippen LogP contribution in [0.2, 0.25) is 0 Å². The summed E-state index contributed by atoms with van der Waals surface area (Å²) < 4.78 is 4.93. The third-order valence-corrected chi connectivity index (χ3v) is 4.08. The minimum Gasteiger partial charge on any atom is -0.383 e. The molecule has 0 radical (unpaired) electrons. The van der Waals surface area contributed by atoms with Gasteiger partial charge in [0, 0.05) is 13.2 Å². The fourth-order valence-corrected chi connectivity index (χ4v) is 3.07. The molecule has 7 heteroatoms. The van der Waals surface area contributed by atoms with E-state index in [1.54, 1.807) is 14.0 Å². The van der Waals surface area contributed by atoms with E-state index in [1.807, 2.05) is 0 Å². The quantitative estimate of drug-likeness (QED) is 0.719. The summed E-state index contributed by atoms with van der Waals surface area (Å²) in [6.45, 7) is 1.95. The van der Waals surface area contributed by atoms with Crippen molar-refractivity contribution >= 4 is 17.8 Å². The van der Waals surface area contributed by atoms with E-state index in [0.717, 1.165) is 24.2 Å². The summed E-state index contributed by atoms with van der Waals surface area (Å²) in [7, 11) is 1.55. The molecule has 0 bridgehead atoms. The zero-order chi connectivity index (χ0) is 15.5. The number of rotatable bonds is 5. The van der Waals surface area contributed by atoms with Crippen molar-refractivity contribution in [3.63, 3.8) is 0 Å². The van der Waals surface area contributed by atoms with Gasteiger partial charge in [0.05, 0.1) is 6.61 Å². The van der Waals surface area contributed by atoms with Gasteiger partial charge in [-0.1, -0.05) is 19.3 Å². The molecular formula is C14H23N3O4. The molecule has 0 aromatic heterocycles. The molecule has 1 saturated heterocycles. The smallest absolute Gasteiger partial charge is 0.325 e. The zero-order valence-electron chi connectivity index (χ0n) is 12.6. The van der Waals surface area contributed by atoms with Crippen LogP contribution < -0.4 is 10.6 Å². The highest BCUT2D eigenvalue weighted by Crippen LogP contribution is 2.33. The van der Waals surface area contributed by atoms with E-state index in [-0.39, 0.29) is 24.4 Å². The van der Waals surface area contributed by atoms with Gasteiger partial charge >= 0.3 is 6.03 Å². The van der Waals surface area contributed by atoms with Crippen molar-refractivity contribution in [2.45, 2.75) is 50.6 Å². The maximum absolute atomic E-state index is 12.5. The Kier molecular flexibility index (Phi) is 4.82. The number of hydrogen-bond acceptors (Lipinski definition) is 4. The van der Waals surface area contributed by atoms with Gasteiger partial charge in [0.1, 0.15) is 12.1 Å². The Labute approximate surface area is 124 Å². The molecule has 1 saturated carbocycles. The molecule has 1 atom stereocenters. The molecule has 4 amide bonds. The number of urea groups is 1. The van der Waals surface area contributed by atoms with Gasteiger partial charge in [-0.3, -0.25) is 14.5 Å². The average Bonchev–Trinajstić information content (AvgIpc) is 2.64. The highest BCUT2D eigenvalue weighted by Gasteiger charge is 2.51. The molecule has 0 aromatic carbocycles. The first-order valence-electron chi connectivity index (χ1n) is 7.41. The molecular weight excluding hydrogens is 274 g/mol. The molecule has 2 aliphatic rings. The van der Waals surface area contributed by atoms with Crippen molar-refractivity contribution in [1.82, 2.24) is 15.5 Å². The third-order valence-electron chi connectivity index (χ3n) is 4.08. The van der Waals surface area contributed by atoms with E-state index >= 15 is 0 Å². The van der Waals surface area contributed by atoms with Crippen molar-refractivity contribution in [1.29, 1.82) is 0 Å². The van der Waals surface area contributed by atoms with Gasteiger partial charge in [-0.2, -0.15) is 0 Å². The molecule has 0 unspecified atom stereocenters. The van der Waals surface area contributed by atoms with Gasteiger partial charge in [-0.25, -0.2) is 4.79 Å². The van der Waals surface area contributed by atoms with Crippen LogP contribution in [-0.2, 0) is 14.3 Å². The van der Waals surface area contributed by atoms with E-state index < -0.39 is 11.6 Å². The molecule has 2 fully saturated rings. The zero-order valence-corrected chi connectivity index (χ0v) is 12.6. The van der Waals surface area contributed by atoms with Crippen molar-refractivity contribution in [2.75, 3.05) is 20.3 Å². The summed E-state index contributed by atoms with van der Waals surface area (Å²) in [6, 6.07) is -0.622. The molecule has 21 heavy (non-hydrogen) atoms. The lowest BCUT2D eigenvalue weighted by Gasteiger charge is -2.30. The standard InChI is InChI=1S/C14H23N3O4/c1-10(9-21-2)15-11(18)8-17-12(19)14(16-13(17)20)6-4-3-5-7-14/h10H,3-9H2,1-2H3,(H,15,18)(H,16,20)/t10-/m0/s1. The Hall–Kier alpha value is -1.63. The summed E-state index contributed by atoms with van der Waals surface area (Å²) in [5, 5.41) is 5.49. The Morgan fingerprint density at radius 2 is 2.05 bits per heavy atom. The van der Waals surface area contributed by atoms with Crippen molar-refractivity contribution < 1.29 is 19.1 Å². The van der Waals surface area contributed by atoms with E-state index in [0.29, 0.717) is 19.4 Å². The Morgan fingerprint density at radius 1 is 1.38 bits per heavy atom. The second kappa shape index (κ2) is 6.43. The minimum atomic E-state index is -0.770. The molecule has 1 aliphatic heterocycles. The van der Waals surface area contributed by atoms with Gasteiger partial charge in [0.25, 0.3) is 5.91 Å². The highest BCUT2D eigenvalue weighted by molar-refractivity contribution is 6.09. The predicted octanol–water partition coefficient (Wildman–Crippen LogP) is 0.392. The van der Waals surface area contributed by atoms with E-state index in [4.69, 9.17) is 4.74 Å². The van der Waals surface area contributed by atoms with Gasteiger partial charge in [-0.05, 0) is 19.8 Å². The number of imide groups is 1. The summed E-state index contributed by atoms with van der Waals surface area (Å²) in [6.07, 6.45) is 4.26. The van der Waals surface area contributed by atoms with Crippen LogP contribution in [0.4, 0.5) is 4.79 Å². The SMILES string of the molecule is COC[C@H](C)NC(=O)CN1C(=O)NC2(CCCCC2)C1=O. The fourth-order valence-electron chi connectivity index (χ4n) is 3.07. The monoisotopic (exact) mass is 297 g/mol. The molecule has 2 N–H and O–H groups in total. The second-order valence-corrected chi connectivity index (χ2v) is 5.89. The van der Waals surface area contributed by atoms with E-state index in [9.17, 15) is 14.4 Å². The lowest BCUT2D eigenvalue weighted by Crippen LogP contribution is -2.49. The maximum Gasteiger partial charge on any atom is 0.325 e. The number of carbonyl (C=O) groups excluding carboxylic acids is 3. The van der Waals surface area contributed by atoms with Crippen LogP contribution in [0.15, 0.2) is 0 Å². The number of hydrogen-bond donors (Lipinski definition) is 2. The van der Waals surface area contributed by atoms with Crippen LogP contribution in [0.3, 0.4) is 0 Å². The molecule has 1 heterocycles. The number of carbonyl (C=O) groups is 3. The molecule has 1 spiro atoms. The Morgan fingerprint density at radius 3 is 2.67 bits per heavy atom. The lowest BCUT2D eigenvalue weighted by atomic mass is 9.82. The van der Waals surface area contributed by atoms with Gasteiger partial charge in [0.2, 0.25) is 5.91 Å². The summed E-state index contributed by atoms with van der Waals surface area (Å²) in [4.78, 5) is 37.4. The van der Waals surface area contributed by atoms with Crippen LogP contribution in [0, 0.1) is 0 Å². The van der Waals surface area contributed by atoms with Crippen LogP contribution >= 0.6 is 0 Å². The second-order valence-electron chi connectivity index (χ2n) is 5.89. The van der Waals surface area contributed by atoms with E-state index in [2.05, 4.69) is 10.6 Å². The average molecular weight is 297 g/mol. The summed E-state index contributed by atoms with van der Waals surface area (Å²) in [5.41, 5.74) is -0.770. The molecule has 2 rings (SSSR count). The van der Waals surface area contributed by atoms with Gasteiger partial charge < -0.3 is 15.4 Å². The third kappa shape index (κ3) is 3.34. The van der Waals surface area contributed by atoms with Gasteiger partial charge in [0.15, 0.2) is 0 Å².